The molecule has 3 N–H and O–H groups in total. The van der Waals surface area contributed by atoms with Crippen LogP contribution in [0.3, 0.4) is 0 Å². The lowest BCUT2D eigenvalue weighted by molar-refractivity contribution is -0.275. The van der Waals surface area contributed by atoms with E-state index in [9.17, 15) is 24.9 Å². The van der Waals surface area contributed by atoms with Crippen molar-refractivity contribution >= 4 is 17.5 Å². The van der Waals surface area contributed by atoms with Gasteiger partial charge in [-0.2, -0.15) is 0 Å². The monoisotopic (exact) mass is 678 g/mol. The minimum atomic E-state index is -1.75. The van der Waals surface area contributed by atoms with Crippen molar-refractivity contribution < 1.29 is 43.9 Å². The van der Waals surface area contributed by atoms with Crippen molar-refractivity contribution in [1.29, 1.82) is 0 Å². The third-order valence-electron chi connectivity index (χ3n) is 10.5. The molecule has 1 aromatic carbocycles. The van der Waals surface area contributed by atoms with Crippen molar-refractivity contribution in [2.75, 3.05) is 7.11 Å². The Labute approximate surface area is 290 Å². The number of ketones is 2. The van der Waals surface area contributed by atoms with Gasteiger partial charge in [-0.1, -0.05) is 47.9 Å². The van der Waals surface area contributed by atoms with Gasteiger partial charge < -0.3 is 29.5 Å². The highest BCUT2D eigenvalue weighted by Gasteiger charge is 2.79. The number of carbonyl (C=O) groups excluding carboxylic acids is 2. The van der Waals surface area contributed by atoms with Gasteiger partial charge in [0.05, 0.1) is 18.1 Å². The van der Waals surface area contributed by atoms with Crippen molar-refractivity contribution in [2.45, 2.75) is 124 Å². The number of allylic oxidation sites excluding steroid dienone is 6. The third-order valence-corrected chi connectivity index (χ3v) is 10.5. The van der Waals surface area contributed by atoms with Crippen LogP contribution in [0.2, 0.25) is 0 Å². The lowest BCUT2D eigenvalue weighted by atomic mass is 9.45. The van der Waals surface area contributed by atoms with Crippen molar-refractivity contribution in [3.05, 3.63) is 63.3 Å². The number of carbonyl (C=O) groups is 3. The number of benzene rings is 1. The molecule has 1 aliphatic heterocycles. The number of aromatic hydroxyl groups is 2. The zero-order valence-corrected chi connectivity index (χ0v) is 30.7. The maximum Gasteiger partial charge on any atom is 0.330 e. The van der Waals surface area contributed by atoms with Crippen LogP contribution in [0.5, 0.6) is 17.2 Å². The van der Waals surface area contributed by atoms with E-state index >= 15 is 4.79 Å². The highest BCUT2D eigenvalue weighted by molar-refractivity contribution is 6.09. The molecule has 2 bridgehead atoms. The molecule has 268 valence electrons. The predicted molar refractivity (Wildman–Crippen MR) is 188 cm³/mol. The first kappa shape index (κ1) is 38.1. The molecule has 0 radical (unpaired) electrons. The molecule has 1 unspecified atom stereocenters. The van der Waals surface area contributed by atoms with Gasteiger partial charge in [0.2, 0.25) is 0 Å². The van der Waals surface area contributed by atoms with E-state index in [0.29, 0.717) is 12.0 Å². The summed E-state index contributed by atoms with van der Waals surface area (Å²) in [6.07, 6.45) is 8.42. The van der Waals surface area contributed by atoms with Gasteiger partial charge in [-0.3, -0.25) is 9.59 Å². The maximum absolute atomic E-state index is 15.1. The lowest BCUT2D eigenvalue weighted by Crippen LogP contribution is -2.83. The largest absolute Gasteiger partial charge is 0.507 e. The zero-order valence-electron chi connectivity index (χ0n) is 30.7. The summed E-state index contributed by atoms with van der Waals surface area (Å²) in [5.41, 5.74) is 0.451. The summed E-state index contributed by atoms with van der Waals surface area (Å²) in [6.45, 7) is 16.9. The van der Waals surface area contributed by atoms with Crippen LogP contribution < -0.4 is 4.74 Å². The molecule has 9 nitrogen and oxygen atoms in total. The van der Waals surface area contributed by atoms with Crippen LogP contribution >= 0.6 is 0 Å². The molecular formula is C40H54O9. The average Bonchev–Trinajstić information content (AvgIpc) is 3.01. The van der Waals surface area contributed by atoms with Gasteiger partial charge >= 0.3 is 5.97 Å². The van der Waals surface area contributed by atoms with E-state index in [0.717, 1.165) is 24.0 Å². The number of phenols is 2. The summed E-state index contributed by atoms with van der Waals surface area (Å²) < 4.78 is 19.7. The van der Waals surface area contributed by atoms with Crippen molar-refractivity contribution in [1.82, 2.24) is 0 Å². The molecule has 3 aliphatic carbocycles. The highest BCUT2D eigenvalue weighted by atomic mass is 16.6. The van der Waals surface area contributed by atoms with Crippen LogP contribution in [0.4, 0.5) is 0 Å². The topological polar surface area (TPSA) is 140 Å². The molecule has 49 heavy (non-hydrogen) atoms. The van der Waals surface area contributed by atoms with Crippen LogP contribution in [-0.2, 0) is 31.9 Å². The fourth-order valence-electron chi connectivity index (χ4n) is 8.14. The van der Waals surface area contributed by atoms with E-state index in [1.165, 1.54) is 25.7 Å². The van der Waals surface area contributed by atoms with E-state index in [1.807, 2.05) is 39.8 Å². The maximum atomic E-state index is 15.1. The molecule has 1 spiro atoms. The Morgan fingerprint density at radius 2 is 1.59 bits per heavy atom. The summed E-state index contributed by atoms with van der Waals surface area (Å²) >= 11 is 0. The SMILES string of the molecule is CO[C@@H]1C2C(=O)c3c(O)c(C/C=C(\C)CCC=C(C)C)c(O)c(CC=C(C)C)c3O[C@@]23[C@H](C)C[C@@H]1C(=O)[C@]3(C/C=C(/C)C(=O)O)OC(C)C. The Morgan fingerprint density at radius 1 is 0.959 bits per heavy atom. The molecule has 5 rings (SSSR count). The molecule has 0 aromatic heterocycles. The van der Waals surface area contributed by atoms with Crippen LogP contribution in [0.25, 0.3) is 0 Å². The van der Waals surface area contributed by atoms with Crippen molar-refractivity contribution in [3.63, 3.8) is 0 Å². The Hall–Kier alpha value is -3.69. The molecule has 4 aliphatic rings. The van der Waals surface area contributed by atoms with Gasteiger partial charge in [-0.15, -0.1) is 0 Å². The van der Waals surface area contributed by atoms with Gasteiger partial charge in [0.25, 0.3) is 0 Å². The predicted octanol–water partition coefficient (Wildman–Crippen LogP) is 7.61. The van der Waals surface area contributed by atoms with Gasteiger partial charge in [0.15, 0.2) is 22.8 Å². The number of aliphatic carboxylic acids is 1. The van der Waals surface area contributed by atoms with E-state index in [2.05, 4.69) is 19.9 Å². The Kier molecular flexibility index (Phi) is 11.4. The minimum Gasteiger partial charge on any atom is -0.507 e. The van der Waals surface area contributed by atoms with Crippen LogP contribution in [-0.4, -0.2) is 63.4 Å². The number of fused-ring (bicyclic) bond motifs is 3. The number of hydrogen-bond donors (Lipinski definition) is 3. The second-order valence-corrected chi connectivity index (χ2v) is 14.9. The van der Waals surface area contributed by atoms with Gasteiger partial charge in [0.1, 0.15) is 22.8 Å². The van der Waals surface area contributed by atoms with Crippen LogP contribution in [0.15, 0.2) is 46.6 Å². The van der Waals surface area contributed by atoms with Gasteiger partial charge in [-0.25, -0.2) is 4.79 Å². The Bertz CT molecular complexity index is 1620. The third kappa shape index (κ3) is 6.64. The molecule has 0 amide bonds. The lowest BCUT2D eigenvalue weighted by Gasteiger charge is -2.66. The molecule has 3 saturated carbocycles. The van der Waals surface area contributed by atoms with Crippen LogP contribution in [0, 0.1) is 17.8 Å². The van der Waals surface area contributed by atoms with Crippen LogP contribution in [0.1, 0.15) is 109 Å². The number of hydrogen-bond acceptors (Lipinski definition) is 8. The Morgan fingerprint density at radius 3 is 2.16 bits per heavy atom. The summed E-state index contributed by atoms with van der Waals surface area (Å²) in [5, 5.41) is 33.4. The zero-order chi connectivity index (χ0) is 36.6. The summed E-state index contributed by atoms with van der Waals surface area (Å²) in [7, 11) is 1.46. The normalized spacial score (nSPS) is 27.8. The number of rotatable bonds is 13. The van der Waals surface area contributed by atoms with Gasteiger partial charge in [-0.05, 0) is 87.5 Å². The molecule has 9 heteroatoms. The number of ether oxygens (including phenoxy) is 3. The number of Topliss-reactive ketones (excluding diaryl/α,β-unsaturated/α-hetero) is 2. The number of phenolic OH excluding ortho intramolecular Hbond substituents is 2. The highest BCUT2D eigenvalue weighted by Crippen LogP contribution is 2.64. The smallest absolute Gasteiger partial charge is 0.330 e. The number of carboxylic acids is 1. The van der Waals surface area contributed by atoms with E-state index < -0.39 is 52.9 Å². The van der Waals surface area contributed by atoms with E-state index in [4.69, 9.17) is 14.2 Å². The standard InChI is InChI=1S/C40H54O9/c1-21(2)12-11-13-24(7)15-17-27-32(41)28(16-14-22(3)4)35-30(33(27)42)34(43)31-36(47-10)29-20-26(9)40(31,49-35)39(37(29)44,48-23(5)6)19-18-25(8)38(45)46/h12,14-15,18,23,26,29,31,36,41-42H,11,13,16-17,19-20H2,1-10H3,(H,45,46)/b24-15+,25-18-/t26-,29+,31?,36+,39+,40+/m1/s1. The average molecular weight is 679 g/mol. The number of carboxylic acid groups (broad SMARTS) is 1. The first-order valence-corrected chi connectivity index (χ1v) is 17.3. The quantitative estimate of drug-likeness (QED) is 0.142. The fourth-order valence-corrected chi connectivity index (χ4v) is 8.14. The van der Waals surface area contributed by atoms with E-state index in [-0.39, 0.29) is 59.0 Å². The van der Waals surface area contributed by atoms with Gasteiger partial charge in [0, 0.05) is 42.1 Å². The summed E-state index contributed by atoms with van der Waals surface area (Å²) in [4.78, 5) is 41.6. The minimum absolute atomic E-state index is 0.0206. The summed E-state index contributed by atoms with van der Waals surface area (Å²) in [6, 6.07) is 0. The summed E-state index contributed by atoms with van der Waals surface area (Å²) in [5.74, 6) is -4.61. The molecule has 3 fully saturated rings. The fraction of sp³-hybridized carbons (Fsp3) is 0.575. The first-order chi connectivity index (χ1) is 22.9. The second kappa shape index (κ2) is 14.7. The number of methoxy groups -OCH3 is 1. The Balaban J connectivity index is 2.02. The second-order valence-electron chi connectivity index (χ2n) is 14.9. The molecule has 0 saturated heterocycles. The molecular weight excluding hydrogens is 624 g/mol. The molecule has 6 atom stereocenters. The van der Waals surface area contributed by atoms with Crippen molar-refractivity contribution in [2.24, 2.45) is 17.8 Å². The molecule has 1 aromatic rings. The van der Waals surface area contributed by atoms with E-state index in [1.54, 1.807) is 13.8 Å². The first-order valence-electron chi connectivity index (χ1n) is 17.3. The molecule has 1 heterocycles. The van der Waals surface area contributed by atoms with Crippen molar-refractivity contribution in [3.8, 4) is 17.2 Å².